The van der Waals surface area contributed by atoms with Gasteiger partial charge >= 0.3 is 0 Å². The fraction of sp³-hybridized carbons (Fsp3) is 0.750. The van der Waals surface area contributed by atoms with E-state index in [0.29, 0.717) is 13.2 Å². The third-order valence-electron chi connectivity index (χ3n) is 2.30. The van der Waals surface area contributed by atoms with Crippen LogP contribution in [-0.2, 0) is 4.74 Å². The molecule has 2 heterocycles. The molecule has 0 aliphatic carbocycles. The molecule has 0 amide bonds. The van der Waals surface area contributed by atoms with Crippen LogP contribution in [0.15, 0.2) is 10.7 Å². The van der Waals surface area contributed by atoms with Crippen LogP contribution in [0.3, 0.4) is 0 Å². The number of ether oxygens (including phenoxy) is 1. The van der Waals surface area contributed by atoms with Crippen LogP contribution in [0, 0.1) is 5.41 Å². The van der Waals surface area contributed by atoms with Crippen LogP contribution in [0.5, 0.6) is 0 Å². The quantitative estimate of drug-likeness (QED) is 0.645. The lowest BCUT2D eigenvalue weighted by Crippen LogP contribution is -2.72. The largest absolute Gasteiger partial charge is 0.381 e. The van der Waals surface area contributed by atoms with E-state index in [1.165, 1.54) is 0 Å². The highest BCUT2D eigenvalue weighted by Crippen LogP contribution is 2.13. The molecule has 0 radical (unpaired) electrons. The number of nitrogens with zero attached hydrogens (tertiary/aromatic N) is 3. The van der Waals surface area contributed by atoms with Crippen molar-refractivity contribution in [3.8, 4) is 0 Å². The Bertz CT molecular complexity index is 373. The number of hydrogen-bond acceptors (Lipinski definition) is 4. The minimum Gasteiger partial charge on any atom is -0.381 e. The molecule has 1 aliphatic heterocycles. The molecule has 0 bridgehead atoms. The Morgan fingerprint density at radius 3 is 2.87 bits per heavy atom. The summed E-state index contributed by atoms with van der Waals surface area (Å²) in [5.74, 6) is 0. The van der Waals surface area contributed by atoms with Gasteiger partial charge in [-0.3, -0.25) is 10.4 Å². The molecular weight excluding hydrogens is 220 g/mol. The maximum Gasteiger partial charge on any atom is 0.286 e. The third-order valence-corrected chi connectivity index (χ3v) is 2.30. The summed E-state index contributed by atoms with van der Waals surface area (Å²) in [4.78, 5) is 1.57. The Morgan fingerprint density at radius 1 is 1.60 bits per heavy atom. The van der Waals surface area contributed by atoms with Crippen molar-refractivity contribution in [3.63, 3.8) is 0 Å². The summed E-state index contributed by atoms with van der Waals surface area (Å²) in [5, 5.41) is 13.0. The maximum atomic E-state index is 7.26. The van der Waals surface area contributed by atoms with Gasteiger partial charge in [0.25, 0.3) is 11.8 Å². The smallest absolute Gasteiger partial charge is 0.286 e. The van der Waals surface area contributed by atoms with Crippen molar-refractivity contribution < 1.29 is 14.1 Å². The second-order valence-corrected chi connectivity index (χ2v) is 3.97. The lowest BCUT2D eigenvalue weighted by atomic mass is 10.1. The molecule has 1 aromatic rings. The van der Waals surface area contributed by atoms with Crippen molar-refractivity contribution in [1.82, 2.24) is 5.27 Å². The van der Waals surface area contributed by atoms with Crippen LogP contribution in [0.25, 0.3) is 0 Å². The molecule has 6 nitrogen and oxygen atoms in total. The Balaban J connectivity index is 0.00000112. The first-order valence-electron chi connectivity index (χ1n) is 4.55. The van der Waals surface area contributed by atoms with Gasteiger partial charge in [0, 0.05) is 12.1 Å². The summed E-state index contributed by atoms with van der Waals surface area (Å²) < 4.78 is 10.1. The average molecular weight is 235 g/mol. The van der Waals surface area contributed by atoms with Gasteiger partial charge in [-0.1, -0.05) is 18.6 Å². The summed E-state index contributed by atoms with van der Waals surface area (Å²) in [6.07, 6.45) is 1.55. The van der Waals surface area contributed by atoms with Crippen molar-refractivity contribution in [3.05, 3.63) is 11.8 Å². The fourth-order valence-electron chi connectivity index (χ4n) is 1.58. The molecule has 7 heteroatoms. The van der Waals surface area contributed by atoms with Gasteiger partial charge in [-0.15, -0.1) is 12.4 Å². The van der Waals surface area contributed by atoms with Gasteiger partial charge in [0.05, 0.1) is 13.2 Å². The number of nitrogens with one attached hydrogen (secondary N) is 1. The van der Waals surface area contributed by atoms with E-state index in [1.807, 2.05) is 5.01 Å². The SMILES string of the molecule is CC1(C)COCCN1[n+]1cc(=N)o[n-]1.Cl. The number of hydrogen-bond donors (Lipinski definition) is 1. The van der Waals surface area contributed by atoms with Gasteiger partial charge in [-0.2, -0.15) is 0 Å². The second kappa shape index (κ2) is 4.24. The Labute approximate surface area is 93.7 Å². The fourth-order valence-corrected chi connectivity index (χ4v) is 1.58. The molecule has 1 aromatic heterocycles. The van der Waals surface area contributed by atoms with Crippen LogP contribution >= 0.6 is 12.4 Å². The molecular formula is C8H15ClN4O2. The first-order valence-corrected chi connectivity index (χ1v) is 4.55. The number of halogens is 1. The lowest BCUT2D eigenvalue weighted by molar-refractivity contribution is -0.772. The monoisotopic (exact) mass is 234 g/mol. The third kappa shape index (κ3) is 2.32. The highest BCUT2D eigenvalue weighted by molar-refractivity contribution is 5.85. The van der Waals surface area contributed by atoms with Crippen molar-refractivity contribution in [2.45, 2.75) is 19.4 Å². The predicted octanol–water partition coefficient (Wildman–Crippen LogP) is -0.828. The summed E-state index contributed by atoms with van der Waals surface area (Å²) in [5.41, 5.74) is -0.0565. The number of morpholine rings is 1. The molecule has 0 aromatic carbocycles. The minimum atomic E-state index is -0.119. The summed E-state index contributed by atoms with van der Waals surface area (Å²) in [6, 6.07) is 0. The van der Waals surface area contributed by atoms with Crippen molar-refractivity contribution >= 4 is 12.4 Å². The van der Waals surface area contributed by atoms with Gasteiger partial charge in [-0.25, -0.2) is 0 Å². The highest BCUT2D eigenvalue weighted by atomic mass is 35.5. The Kier molecular flexibility index (Phi) is 3.41. The van der Waals surface area contributed by atoms with Gasteiger partial charge < -0.3 is 9.26 Å². The van der Waals surface area contributed by atoms with Crippen LogP contribution in [0.4, 0.5) is 0 Å². The van der Waals surface area contributed by atoms with E-state index in [9.17, 15) is 0 Å². The molecule has 2 rings (SSSR count). The highest BCUT2D eigenvalue weighted by Gasteiger charge is 2.31. The molecule has 1 saturated heterocycles. The second-order valence-electron chi connectivity index (χ2n) is 3.97. The normalized spacial score (nSPS) is 19.7. The molecule has 0 unspecified atom stereocenters. The Morgan fingerprint density at radius 2 is 2.33 bits per heavy atom. The summed E-state index contributed by atoms with van der Waals surface area (Å²) in [7, 11) is 0. The Hall–Kier alpha value is -1.01. The van der Waals surface area contributed by atoms with Gasteiger partial charge in [-0.05, 0) is 5.27 Å². The first kappa shape index (κ1) is 12.1. The molecule has 15 heavy (non-hydrogen) atoms. The molecule has 86 valence electrons. The zero-order chi connectivity index (χ0) is 10.2. The van der Waals surface area contributed by atoms with Crippen LogP contribution in [-0.4, -0.2) is 25.3 Å². The van der Waals surface area contributed by atoms with Crippen molar-refractivity contribution in [1.29, 1.82) is 5.41 Å². The average Bonchev–Trinajstić information content (AvgIpc) is 2.51. The molecule has 1 fully saturated rings. The van der Waals surface area contributed by atoms with Gasteiger partial charge in [0.1, 0.15) is 0 Å². The minimum absolute atomic E-state index is 0. The van der Waals surface area contributed by atoms with Crippen LogP contribution < -0.4 is 20.6 Å². The van der Waals surface area contributed by atoms with E-state index in [1.54, 1.807) is 11.0 Å². The zero-order valence-corrected chi connectivity index (χ0v) is 9.58. The standard InChI is InChI=1S/C8H14N4O2.ClH/c1-8(2)6-13-4-3-11(8)12-5-7(9)14-10-12;/h5,9H,3-4,6H2,1-2H3;1H. The molecule has 1 N–H and O–H groups in total. The lowest BCUT2D eigenvalue weighted by Gasteiger charge is -2.42. The first-order chi connectivity index (χ1) is 6.59. The van der Waals surface area contributed by atoms with E-state index in [2.05, 4.69) is 19.1 Å². The summed E-state index contributed by atoms with van der Waals surface area (Å²) in [6.45, 7) is 6.22. The van der Waals surface area contributed by atoms with Gasteiger partial charge in [0.15, 0.2) is 0 Å². The van der Waals surface area contributed by atoms with Gasteiger partial charge in [0.2, 0.25) is 0 Å². The number of aromatic nitrogens is 2. The number of rotatable bonds is 1. The maximum absolute atomic E-state index is 7.26. The summed E-state index contributed by atoms with van der Waals surface area (Å²) >= 11 is 0. The van der Waals surface area contributed by atoms with E-state index in [-0.39, 0.29) is 23.5 Å². The zero-order valence-electron chi connectivity index (χ0n) is 8.77. The van der Waals surface area contributed by atoms with E-state index in [0.717, 1.165) is 6.54 Å². The molecule has 0 spiro atoms. The molecule has 0 saturated carbocycles. The van der Waals surface area contributed by atoms with Crippen molar-refractivity contribution in [2.24, 2.45) is 0 Å². The van der Waals surface area contributed by atoms with Crippen LogP contribution in [0.2, 0.25) is 0 Å². The van der Waals surface area contributed by atoms with E-state index >= 15 is 0 Å². The predicted molar refractivity (Wildman–Crippen MR) is 53.3 cm³/mol. The van der Waals surface area contributed by atoms with E-state index < -0.39 is 0 Å². The van der Waals surface area contributed by atoms with Crippen molar-refractivity contribution in [2.75, 3.05) is 24.8 Å². The van der Waals surface area contributed by atoms with E-state index in [4.69, 9.17) is 14.7 Å². The molecule has 0 atom stereocenters. The molecule has 1 aliphatic rings. The van der Waals surface area contributed by atoms with Crippen LogP contribution in [0.1, 0.15) is 13.8 Å². The topological polar surface area (TPSA) is 67.4 Å².